The van der Waals surface area contributed by atoms with Crippen LogP contribution < -0.4 is 0 Å². The third-order valence-electron chi connectivity index (χ3n) is 7.85. The summed E-state index contributed by atoms with van der Waals surface area (Å²) in [6.45, 7) is 12.1. The van der Waals surface area contributed by atoms with E-state index in [9.17, 15) is 14.4 Å². The van der Waals surface area contributed by atoms with Crippen LogP contribution in [0, 0.1) is 5.92 Å². The number of hydrogen-bond acceptors (Lipinski definition) is 7. The van der Waals surface area contributed by atoms with Gasteiger partial charge in [0, 0.05) is 46.3 Å². The molecular weight excluding hydrogens is 548 g/mol. The Labute approximate surface area is 255 Å². The molecule has 1 aromatic carbocycles. The van der Waals surface area contributed by atoms with Gasteiger partial charge in [0.25, 0.3) is 5.91 Å². The minimum absolute atomic E-state index is 0.0978. The molecule has 0 bridgehead atoms. The van der Waals surface area contributed by atoms with Gasteiger partial charge >= 0.3 is 6.09 Å². The Bertz CT molecular complexity index is 1240. The van der Waals surface area contributed by atoms with Crippen LogP contribution in [0.4, 0.5) is 4.79 Å². The average Bonchev–Trinajstić information content (AvgIpc) is 3.59. The van der Waals surface area contributed by atoms with E-state index in [4.69, 9.17) is 9.47 Å². The Morgan fingerprint density at radius 3 is 2.49 bits per heavy atom. The summed E-state index contributed by atoms with van der Waals surface area (Å²) in [5, 5.41) is 8.88. The van der Waals surface area contributed by atoms with Crippen LogP contribution in [0.1, 0.15) is 82.9 Å². The van der Waals surface area contributed by atoms with E-state index >= 15 is 0 Å². The Morgan fingerprint density at radius 2 is 1.86 bits per heavy atom. The molecule has 43 heavy (non-hydrogen) atoms. The topological polar surface area (TPSA) is 110 Å². The number of carbonyl (C=O) groups is 3. The van der Waals surface area contributed by atoms with Crippen LogP contribution in [0.3, 0.4) is 0 Å². The van der Waals surface area contributed by atoms with Crippen molar-refractivity contribution in [1.82, 2.24) is 29.7 Å². The van der Waals surface area contributed by atoms with Gasteiger partial charge in [-0.2, -0.15) is 0 Å². The van der Waals surface area contributed by atoms with E-state index in [2.05, 4.69) is 24.2 Å². The maximum atomic E-state index is 14.5. The van der Waals surface area contributed by atoms with Crippen molar-refractivity contribution < 1.29 is 23.9 Å². The number of hydrogen-bond donors (Lipinski definition) is 0. The summed E-state index contributed by atoms with van der Waals surface area (Å²) in [7, 11) is 1.68. The van der Waals surface area contributed by atoms with Gasteiger partial charge < -0.3 is 24.2 Å². The fraction of sp³-hybridized carbons (Fsp3) is 0.656. The van der Waals surface area contributed by atoms with Crippen LogP contribution >= 0.6 is 0 Å². The maximum absolute atomic E-state index is 14.5. The van der Waals surface area contributed by atoms with Gasteiger partial charge in [0.1, 0.15) is 5.60 Å². The molecule has 4 rings (SSSR count). The lowest BCUT2D eigenvalue weighted by Crippen LogP contribution is -2.60. The summed E-state index contributed by atoms with van der Waals surface area (Å²) in [5.41, 5.74) is 1.26. The second kappa shape index (κ2) is 14.3. The van der Waals surface area contributed by atoms with Gasteiger partial charge in [0.05, 0.1) is 23.5 Å². The number of unbranched alkanes of at least 4 members (excludes halogenated alkanes) is 1. The van der Waals surface area contributed by atoms with E-state index in [0.29, 0.717) is 57.7 Å². The van der Waals surface area contributed by atoms with Crippen molar-refractivity contribution in [3.63, 3.8) is 0 Å². The van der Waals surface area contributed by atoms with Crippen LogP contribution in [0.2, 0.25) is 0 Å². The molecule has 3 heterocycles. The molecule has 2 saturated heterocycles. The molecule has 236 valence electrons. The monoisotopic (exact) mass is 596 g/mol. The number of benzene rings is 1. The number of likely N-dealkylation sites (tertiary alicyclic amines) is 2. The highest BCUT2D eigenvalue weighted by molar-refractivity contribution is 5.94. The fourth-order valence-electron chi connectivity index (χ4n) is 5.96. The van der Waals surface area contributed by atoms with Crippen molar-refractivity contribution in [2.75, 3.05) is 39.9 Å². The van der Waals surface area contributed by atoms with Gasteiger partial charge in [-0.1, -0.05) is 37.3 Å². The molecule has 2 fully saturated rings. The quantitative estimate of drug-likeness (QED) is 0.355. The Morgan fingerprint density at radius 1 is 1.12 bits per heavy atom. The first-order valence-corrected chi connectivity index (χ1v) is 15.6. The first-order chi connectivity index (χ1) is 20.5. The van der Waals surface area contributed by atoms with Crippen molar-refractivity contribution in [3.05, 3.63) is 41.7 Å². The lowest BCUT2D eigenvalue weighted by atomic mass is 9.96. The number of amides is 3. The van der Waals surface area contributed by atoms with Crippen LogP contribution in [0.25, 0.3) is 5.69 Å². The Balaban J connectivity index is 1.69. The highest BCUT2D eigenvalue weighted by Crippen LogP contribution is 2.28. The summed E-state index contributed by atoms with van der Waals surface area (Å²) >= 11 is 0. The number of para-hydroxylation sites is 1. The second-order valence-corrected chi connectivity index (χ2v) is 13.1. The summed E-state index contributed by atoms with van der Waals surface area (Å²) in [5.74, 6) is 0.0582. The van der Waals surface area contributed by atoms with E-state index in [-0.39, 0.29) is 29.8 Å². The lowest BCUT2D eigenvalue weighted by Gasteiger charge is -2.45. The highest BCUT2D eigenvalue weighted by Gasteiger charge is 2.42. The zero-order valence-corrected chi connectivity index (χ0v) is 26.6. The molecule has 0 aliphatic carbocycles. The number of aromatic nitrogens is 3. The van der Waals surface area contributed by atoms with E-state index in [1.54, 1.807) is 16.7 Å². The van der Waals surface area contributed by atoms with Gasteiger partial charge in [-0.25, -0.2) is 9.48 Å². The summed E-state index contributed by atoms with van der Waals surface area (Å²) in [6, 6.07) is 9.19. The maximum Gasteiger partial charge on any atom is 0.410 e. The van der Waals surface area contributed by atoms with Crippen LogP contribution in [0.5, 0.6) is 0 Å². The molecule has 1 aromatic heterocycles. The van der Waals surface area contributed by atoms with E-state index in [1.165, 1.54) is 0 Å². The van der Waals surface area contributed by atoms with E-state index in [1.807, 2.05) is 60.9 Å². The molecule has 11 heteroatoms. The number of carbonyl (C=O) groups excluding carboxylic acids is 3. The number of ether oxygens (including phenoxy) is 2. The predicted octanol–water partition coefficient (Wildman–Crippen LogP) is 4.34. The number of piperidine rings is 1. The molecule has 2 aliphatic heterocycles. The average molecular weight is 597 g/mol. The summed E-state index contributed by atoms with van der Waals surface area (Å²) in [4.78, 5) is 46.0. The predicted molar refractivity (Wildman–Crippen MR) is 163 cm³/mol. The van der Waals surface area contributed by atoms with Crippen molar-refractivity contribution in [2.24, 2.45) is 5.92 Å². The largest absolute Gasteiger partial charge is 0.444 e. The van der Waals surface area contributed by atoms with Crippen molar-refractivity contribution in [3.8, 4) is 5.69 Å². The van der Waals surface area contributed by atoms with E-state index < -0.39 is 11.7 Å². The normalized spacial score (nSPS) is 19.3. The molecule has 0 N–H and O–H groups in total. The summed E-state index contributed by atoms with van der Waals surface area (Å²) in [6.07, 6.45) is 3.74. The fourth-order valence-corrected chi connectivity index (χ4v) is 5.96. The van der Waals surface area contributed by atoms with Crippen LogP contribution in [0.15, 0.2) is 30.3 Å². The minimum Gasteiger partial charge on any atom is -0.444 e. The lowest BCUT2D eigenvalue weighted by molar-refractivity contribution is -0.131. The number of rotatable bonds is 11. The van der Waals surface area contributed by atoms with Crippen LogP contribution in [-0.4, -0.2) is 105 Å². The molecule has 0 spiro atoms. The molecule has 0 radical (unpaired) electrons. The Hall–Kier alpha value is -3.47. The standard InChI is InChI=1S/C32H48N6O5/c1-23(2)20-37(26-19-25(36-17-12-16-28(36)39)21-35(22-26)31(41)43-32(3,4)5)30(40)29-27(15-10-11-18-42-6)38(34-33-29)24-13-8-7-9-14-24/h7-9,13-14,23,25-26H,10-12,15-22H2,1-6H3/t25-,26+/m1/s1. The van der Waals surface area contributed by atoms with Crippen LogP contribution in [-0.2, 0) is 20.7 Å². The molecule has 2 aromatic rings. The third-order valence-corrected chi connectivity index (χ3v) is 7.85. The molecule has 0 unspecified atom stereocenters. The van der Waals surface area contributed by atoms with Crippen molar-refractivity contribution >= 4 is 17.9 Å². The molecule has 0 saturated carbocycles. The van der Waals surface area contributed by atoms with Gasteiger partial charge in [-0.3, -0.25) is 9.59 Å². The molecule has 2 atom stereocenters. The first kappa shape index (κ1) is 32.4. The zero-order valence-electron chi connectivity index (χ0n) is 26.6. The molecule has 11 nitrogen and oxygen atoms in total. The molecule has 2 aliphatic rings. The Kier molecular flexibility index (Phi) is 10.8. The number of nitrogens with zero attached hydrogens (tertiary/aromatic N) is 6. The summed E-state index contributed by atoms with van der Waals surface area (Å²) < 4.78 is 12.8. The molecular formula is C32H48N6O5. The second-order valence-electron chi connectivity index (χ2n) is 13.1. The van der Waals surface area contributed by atoms with Gasteiger partial charge in [-0.05, 0) is 70.9 Å². The molecule has 3 amide bonds. The number of methoxy groups -OCH3 is 1. The van der Waals surface area contributed by atoms with Gasteiger partial charge in [-0.15, -0.1) is 5.10 Å². The van der Waals surface area contributed by atoms with Gasteiger partial charge in [0.15, 0.2) is 5.69 Å². The third kappa shape index (κ3) is 8.34. The smallest absolute Gasteiger partial charge is 0.410 e. The van der Waals surface area contributed by atoms with Crippen molar-refractivity contribution in [2.45, 2.75) is 90.8 Å². The van der Waals surface area contributed by atoms with Gasteiger partial charge in [0.2, 0.25) is 5.91 Å². The first-order valence-electron chi connectivity index (χ1n) is 15.6. The highest BCUT2D eigenvalue weighted by atomic mass is 16.6. The van der Waals surface area contributed by atoms with Crippen molar-refractivity contribution in [1.29, 1.82) is 0 Å². The zero-order chi connectivity index (χ0) is 31.1. The SMILES string of the molecule is COCCCCc1c(C(=O)N(CC(C)C)[C@H]2C[C@@H](N3CCCC3=O)CN(C(=O)OC(C)(C)C)C2)nnn1-c1ccccc1. The van der Waals surface area contributed by atoms with E-state index in [0.717, 1.165) is 30.6 Å². The minimum atomic E-state index is -0.663.